The predicted molar refractivity (Wildman–Crippen MR) is 115 cm³/mol. The molecule has 6 nitrogen and oxygen atoms in total. The minimum Gasteiger partial charge on any atom is -0.492 e. The number of fused-ring (bicyclic) bond motifs is 1. The summed E-state index contributed by atoms with van der Waals surface area (Å²) in [5.41, 5.74) is 2.44. The first-order valence-electron chi connectivity index (χ1n) is 9.83. The number of rotatable bonds is 6. The van der Waals surface area contributed by atoms with Crippen LogP contribution in [0.3, 0.4) is 0 Å². The number of nitrogens with one attached hydrogen (secondary N) is 1. The molecular weight excluding hydrogens is 399 g/mol. The number of anilines is 2. The summed E-state index contributed by atoms with van der Waals surface area (Å²) < 4.78 is 24.6. The van der Waals surface area contributed by atoms with Crippen LogP contribution in [0.1, 0.15) is 15.9 Å². The maximum atomic E-state index is 13.4. The van der Waals surface area contributed by atoms with E-state index in [4.69, 9.17) is 9.47 Å². The highest BCUT2D eigenvalue weighted by Crippen LogP contribution is 2.34. The molecule has 0 radical (unpaired) electrons. The van der Waals surface area contributed by atoms with Crippen molar-refractivity contribution in [1.29, 1.82) is 0 Å². The standard InChI is InChI=1S/C24H21FN2O4/c1-16-5-8-20(9-6-16)30-12-11-27-21-10-7-19(14-22(21)31-15-23(27)28)26-24(29)17-3-2-4-18(25)13-17/h2-10,13-14H,11-12,15H2,1H3,(H,26,29). The Hall–Kier alpha value is -3.87. The monoisotopic (exact) mass is 420 g/mol. The van der Waals surface area contributed by atoms with E-state index in [9.17, 15) is 14.0 Å². The molecule has 0 atom stereocenters. The van der Waals surface area contributed by atoms with E-state index in [1.165, 1.54) is 24.3 Å². The summed E-state index contributed by atoms with van der Waals surface area (Å²) in [5.74, 6) is 0.128. The zero-order valence-electron chi connectivity index (χ0n) is 16.9. The number of carbonyl (C=O) groups is 2. The van der Waals surface area contributed by atoms with Crippen LogP contribution in [0.15, 0.2) is 66.7 Å². The van der Waals surface area contributed by atoms with Gasteiger partial charge < -0.3 is 19.7 Å². The van der Waals surface area contributed by atoms with Crippen molar-refractivity contribution in [2.75, 3.05) is 30.0 Å². The number of amides is 2. The summed E-state index contributed by atoms with van der Waals surface area (Å²) in [6.45, 7) is 2.59. The molecule has 2 amide bonds. The fourth-order valence-electron chi connectivity index (χ4n) is 3.25. The summed E-state index contributed by atoms with van der Waals surface area (Å²) in [4.78, 5) is 26.3. The Labute approximate surface area is 179 Å². The van der Waals surface area contributed by atoms with Crippen molar-refractivity contribution in [3.8, 4) is 11.5 Å². The van der Waals surface area contributed by atoms with Crippen LogP contribution in [-0.2, 0) is 4.79 Å². The molecule has 0 aliphatic carbocycles. The summed E-state index contributed by atoms with van der Waals surface area (Å²) in [5, 5.41) is 2.72. The van der Waals surface area contributed by atoms with Crippen molar-refractivity contribution >= 4 is 23.2 Å². The first-order chi connectivity index (χ1) is 15.0. The summed E-state index contributed by atoms with van der Waals surface area (Å²) in [6, 6.07) is 18.2. The quantitative estimate of drug-likeness (QED) is 0.649. The van der Waals surface area contributed by atoms with Gasteiger partial charge in [-0.25, -0.2) is 4.39 Å². The lowest BCUT2D eigenvalue weighted by Gasteiger charge is -2.29. The SMILES string of the molecule is Cc1ccc(OCCN2C(=O)COc3cc(NC(=O)c4cccc(F)c4)ccc32)cc1. The molecule has 1 aliphatic heterocycles. The van der Waals surface area contributed by atoms with E-state index in [1.807, 2.05) is 31.2 Å². The van der Waals surface area contributed by atoms with E-state index in [-0.39, 0.29) is 18.1 Å². The van der Waals surface area contributed by atoms with Gasteiger partial charge in [0.1, 0.15) is 23.9 Å². The van der Waals surface area contributed by atoms with Crippen LogP contribution in [0.2, 0.25) is 0 Å². The predicted octanol–water partition coefficient (Wildman–Crippen LogP) is 4.19. The van der Waals surface area contributed by atoms with E-state index in [2.05, 4.69) is 5.32 Å². The second-order valence-corrected chi connectivity index (χ2v) is 7.14. The van der Waals surface area contributed by atoms with E-state index in [0.717, 1.165) is 11.3 Å². The first kappa shape index (κ1) is 20.4. The number of halogens is 1. The molecule has 4 rings (SSSR count). The Balaban J connectivity index is 1.43. The number of hydrogen-bond donors (Lipinski definition) is 1. The minimum absolute atomic E-state index is 0.0984. The van der Waals surface area contributed by atoms with Gasteiger partial charge in [-0.3, -0.25) is 9.59 Å². The number of hydrogen-bond acceptors (Lipinski definition) is 4. The average molecular weight is 420 g/mol. The fraction of sp³-hybridized carbons (Fsp3) is 0.167. The molecule has 0 fully saturated rings. The van der Waals surface area contributed by atoms with E-state index in [1.54, 1.807) is 23.1 Å². The molecular formula is C24H21FN2O4. The van der Waals surface area contributed by atoms with Crippen LogP contribution in [0.4, 0.5) is 15.8 Å². The van der Waals surface area contributed by atoms with Crippen LogP contribution in [-0.4, -0.2) is 31.6 Å². The van der Waals surface area contributed by atoms with Gasteiger partial charge in [0.15, 0.2) is 6.61 Å². The Kier molecular flexibility index (Phi) is 5.84. The van der Waals surface area contributed by atoms with Gasteiger partial charge in [-0.2, -0.15) is 0 Å². The highest BCUT2D eigenvalue weighted by molar-refractivity contribution is 6.05. The van der Waals surface area contributed by atoms with Gasteiger partial charge in [-0.15, -0.1) is 0 Å². The lowest BCUT2D eigenvalue weighted by atomic mass is 10.1. The van der Waals surface area contributed by atoms with Gasteiger partial charge in [-0.05, 0) is 49.4 Å². The number of ether oxygens (including phenoxy) is 2. The number of carbonyl (C=O) groups excluding carboxylic acids is 2. The molecule has 0 spiro atoms. The fourth-order valence-corrected chi connectivity index (χ4v) is 3.25. The highest BCUT2D eigenvalue weighted by atomic mass is 19.1. The molecule has 3 aromatic rings. The largest absolute Gasteiger partial charge is 0.492 e. The molecule has 0 bridgehead atoms. The molecule has 31 heavy (non-hydrogen) atoms. The second kappa shape index (κ2) is 8.87. The smallest absolute Gasteiger partial charge is 0.265 e. The highest BCUT2D eigenvalue weighted by Gasteiger charge is 2.26. The molecule has 1 N–H and O–H groups in total. The maximum Gasteiger partial charge on any atom is 0.265 e. The Morgan fingerprint density at radius 3 is 2.71 bits per heavy atom. The maximum absolute atomic E-state index is 13.4. The van der Waals surface area contributed by atoms with E-state index < -0.39 is 11.7 Å². The average Bonchev–Trinajstić information content (AvgIpc) is 2.76. The van der Waals surface area contributed by atoms with Crippen LogP contribution in [0.25, 0.3) is 0 Å². The molecule has 0 saturated heterocycles. The third-order valence-electron chi connectivity index (χ3n) is 4.85. The Morgan fingerprint density at radius 1 is 1.13 bits per heavy atom. The van der Waals surface area contributed by atoms with Gasteiger partial charge in [-0.1, -0.05) is 23.8 Å². The second-order valence-electron chi connectivity index (χ2n) is 7.14. The third-order valence-corrected chi connectivity index (χ3v) is 4.85. The van der Waals surface area contributed by atoms with Crippen LogP contribution in [0.5, 0.6) is 11.5 Å². The molecule has 158 valence electrons. The zero-order chi connectivity index (χ0) is 21.8. The Bertz CT molecular complexity index is 1110. The van der Waals surface area contributed by atoms with Crippen molar-refractivity contribution in [1.82, 2.24) is 0 Å². The van der Waals surface area contributed by atoms with Gasteiger partial charge in [0.2, 0.25) is 0 Å². The number of benzene rings is 3. The first-order valence-corrected chi connectivity index (χ1v) is 9.83. The summed E-state index contributed by atoms with van der Waals surface area (Å²) in [6.07, 6.45) is 0. The van der Waals surface area contributed by atoms with Gasteiger partial charge in [0.25, 0.3) is 11.8 Å². The molecule has 0 saturated carbocycles. The zero-order valence-corrected chi connectivity index (χ0v) is 16.9. The van der Waals surface area contributed by atoms with Crippen LogP contribution in [0, 0.1) is 12.7 Å². The van der Waals surface area contributed by atoms with E-state index in [0.29, 0.717) is 30.3 Å². The normalized spacial score (nSPS) is 12.7. The van der Waals surface area contributed by atoms with Crippen molar-refractivity contribution in [2.24, 2.45) is 0 Å². The molecule has 7 heteroatoms. The molecule has 0 unspecified atom stereocenters. The van der Waals surface area contributed by atoms with Gasteiger partial charge in [0, 0.05) is 17.3 Å². The van der Waals surface area contributed by atoms with Crippen molar-refractivity contribution < 1.29 is 23.5 Å². The number of aryl methyl sites for hydroxylation is 1. The van der Waals surface area contributed by atoms with Crippen molar-refractivity contribution in [3.05, 3.63) is 83.7 Å². The lowest BCUT2D eigenvalue weighted by Crippen LogP contribution is -2.41. The minimum atomic E-state index is -0.483. The third kappa shape index (κ3) is 4.83. The molecule has 1 aliphatic rings. The van der Waals surface area contributed by atoms with Crippen LogP contribution < -0.4 is 19.7 Å². The van der Waals surface area contributed by atoms with Crippen LogP contribution >= 0.6 is 0 Å². The molecule has 0 aromatic heterocycles. The van der Waals surface area contributed by atoms with Crippen molar-refractivity contribution in [3.63, 3.8) is 0 Å². The molecule has 1 heterocycles. The van der Waals surface area contributed by atoms with Gasteiger partial charge >= 0.3 is 0 Å². The lowest BCUT2D eigenvalue weighted by molar-refractivity contribution is -0.121. The Morgan fingerprint density at radius 2 is 1.94 bits per heavy atom. The number of nitrogens with zero attached hydrogens (tertiary/aromatic N) is 1. The van der Waals surface area contributed by atoms with Crippen molar-refractivity contribution in [2.45, 2.75) is 6.92 Å². The molecule has 3 aromatic carbocycles. The van der Waals surface area contributed by atoms with Gasteiger partial charge in [0.05, 0.1) is 12.2 Å². The summed E-state index contributed by atoms with van der Waals surface area (Å²) >= 11 is 0. The topological polar surface area (TPSA) is 67.9 Å². The summed E-state index contributed by atoms with van der Waals surface area (Å²) in [7, 11) is 0. The van der Waals surface area contributed by atoms with E-state index >= 15 is 0 Å².